The van der Waals surface area contributed by atoms with Gasteiger partial charge in [-0.1, -0.05) is 34.1 Å². The Morgan fingerprint density at radius 3 is 2.67 bits per heavy atom. The van der Waals surface area contributed by atoms with Crippen molar-refractivity contribution in [1.29, 1.82) is 0 Å². The number of benzene rings is 2. The molecule has 0 spiro atoms. The number of carbonyl (C=O) groups is 2. The Hall–Kier alpha value is -3.21. The number of carboxylic acids is 1. The van der Waals surface area contributed by atoms with Gasteiger partial charge in [-0.25, -0.2) is 9.37 Å². The number of rotatable bonds is 8. The highest BCUT2D eigenvalue weighted by atomic mass is 79.9. The summed E-state index contributed by atoms with van der Waals surface area (Å²) in [7, 11) is 0. The topological polar surface area (TPSA) is 82.5 Å². The van der Waals surface area contributed by atoms with E-state index in [2.05, 4.69) is 21.2 Å². The molecule has 0 bridgehead atoms. The van der Waals surface area contributed by atoms with Crippen LogP contribution in [-0.2, 0) is 11.0 Å². The van der Waals surface area contributed by atoms with Crippen LogP contribution in [0.15, 0.2) is 46.9 Å². The van der Waals surface area contributed by atoms with Crippen LogP contribution in [0.1, 0.15) is 58.6 Å². The lowest BCUT2D eigenvalue weighted by Crippen LogP contribution is -2.38. The van der Waals surface area contributed by atoms with Gasteiger partial charge in [-0.05, 0) is 56.0 Å². The van der Waals surface area contributed by atoms with Crippen molar-refractivity contribution in [2.45, 2.75) is 50.9 Å². The largest absolute Gasteiger partial charge is 0.481 e. The third-order valence-electron chi connectivity index (χ3n) is 6.98. The number of fused-ring (bicyclic) bond motifs is 1. The van der Waals surface area contributed by atoms with Crippen molar-refractivity contribution >= 4 is 44.5 Å². The molecule has 3 aromatic rings. The Balaban J connectivity index is 1.70. The van der Waals surface area contributed by atoms with Crippen LogP contribution in [0.3, 0.4) is 0 Å². The molecule has 1 fully saturated rings. The Bertz CT molecular complexity index is 1380. The zero-order valence-corrected chi connectivity index (χ0v) is 22.8. The molecular formula is C28H28BrF4N3O3. The van der Waals surface area contributed by atoms with E-state index in [1.165, 1.54) is 18.2 Å². The number of carboxylic acid groups (broad SMARTS) is 1. The van der Waals surface area contributed by atoms with E-state index in [4.69, 9.17) is 4.98 Å². The number of nitrogens with zero attached hydrogens (tertiary/aromatic N) is 2. The van der Waals surface area contributed by atoms with E-state index in [1.54, 1.807) is 25.1 Å². The first-order chi connectivity index (χ1) is 18.5. The van der Waals surface area contributed by atoms with E-state index in [0.717, 1.165) is 6.07 Å². The molecule has 2 N–H and O–H groups in total. The average molecular weight is 610 g/mol. The van der Waals surface area contributed by atoms with Crippen LogP contribution < -0.4 is 10.2 Å². The number of amides is 1. The van der Waals surface area contributed by atoms with Crippen molar-refractivity contribution < 1.29 is 32.3 Å². The molecule has 0 unspecified atom stereocenters. The predicted molar refractivity (Wildman–Crippen MR) is 144 cm³/mol. The minimum absolute atomic E-state index is 0.0754. The summed E-state index contributed by atoms with van der Waals surface area (Å²) in [5.41, 5.74) is 0.406. The van der Waals surface area contributed by atoms with E-state index >= 15 is 0 Å². The summed E-state index contributed by atoms with van der Waals surface area (Å²) in [6, 6.07) is 10.3. The van der Waals surface area contributed by atoms with Crippen molar-refractivity contribution in [3.63, 3.8) is 0 Å². The van der Waals surface area contributed by atoms with Gasteiger partial charge in [0.15, 0.2) is 0 Å². The number of nitrogens with one attached hydrogen (secondary N) is 1. The van der Waals surface area contributed by atoms with Crippen LogP contribution >= 0.6 is 15.9 Å². The van der Waals surface area contributed by atoms with E-state index in [-0.39, 0.29) is 31.5 Å². The number of anilines is 1. The number of piperidine rings is 1. The molecule has 39 heavy (non-hydrogen) atoms. The maximum atomic E-state index is 14.2. The third kappa shape index (κ3) is 6.69. The van der Waals surface area contributed by atoms with Crippen LogP contribution in [0.4, 0.5) is 23.4 Å². The Morgan fingerprint density at radius 1 is 1.23 bits per heavy atom. The van der Waals surface area contributed by atoms with Gasteiger partial charge >= 0.3 is 12.1 Å². The van der Waals surface area contributed by atoms with Crippen LogP contribution in [0.5, 0.6) is 0 Å². The second-order valence-corrected chi connectivity index (χ2v) is 10.6. The van der Waals surface area contributed by atoms with Gasteiger partial charge in [0.1, 0.15) is 12.0 Å². The van der Waals surface area contributed by atoms with Crippen LogP contribution in [-0.4, -0.2) is 47.8 Å². The molecule has 2 aromatic carbocycles. The molecule has 2 atom stereocenters. The van der Waals surface area contributed by atoms with Crippen LogP contribution in [0.25, 0.3) is 10.9 Å². The summed E-state index contributed by atoms with van der Waals surface area (Å²) in [4.78, 5) is 31.5. The smallest absolute Gasteiger partial charge is 0.416 e. The summed E-state index contributed by atoms with van der Waals surface area (Å²) in [6.07, 6.45) is -5.00. The Labute approximate surface area is 231 Å². The first-order valence-electron chi connectivity index (χ1n) is 12.6. The van der Waals surface area contributed by atoms with Crippen molar-refractivity contribution in [2.24, 2.45) is 0 Å². The first-order valence-corrected chi connectivity index (χ1v) is 13.4. The minimum Gasteiger partial charge on any atom is -0.481 e. The van der Waals surface area contributed by atoms with E-state index < -0.39 is 35.7 Å². The van der Waals surface area contributed by atoms with Crippen molar-refractivity contribution in [3.8, 4) is 0 Å². The third-order valence-corrected chi connectivity index (χ3v) is 7.47. The van der Waals surface area contributed by atoms with Crippen molar-refractivity contribution in [3.05, 3.63) is 69.2 Å². The van der Waals surface area contributed by atoms with Gasteiger partial charge in [0.2, 0.25) is 0 Å². The summed E-state index contributed by atoms with van der Waals surface area (Å²) in [6.45, 7) is 2.26. The zero-order valence-electron chi connectivity index (χ0n) is 21.2. The van der Waals surface area contributed by atoms with Gasteiger partial charge in [0, 0.05) is 40.9 Å². The lowest BCUT2D eigenvalue weighted by Gasteiger charge is -2.32. The molecule has 0 aliphatic carbocycles. The monoisotopic (exact) mass is 609 g/mol. The summed E-state index contributed by atoms with van der Waals surface area (Å²) < 4.78 is 56.1. The fraction of sp³-hybridized carbons (Fsp3) is 0.393. The lowest BCUT2D eigenvalue weighted by molar-refractivity contribution is -0.138. The van der Waals surface area contributed by atoms with Gasteiger partial charge in [0.25, 0.3) is 5.91 Å². The average Bonchev–Trinajstić information content (AvgIpc) is 2.87. The van der Waals surface area contributed by atoms with E-state index in [9.17, 15) is 32.3 Å². The fourth-order valence-corrected chi connectivity index (χ4v) is 5.48. The Kier molecular flexibility index (Phi) is 8.78. The molecule has 1 aliphatic heterocycles. The SMILES string of the molecule is Cc1c(N2CCC[C@H](F)C2)nc2ccc(Br)cc2c1C(=O)NC[C@@H](CCC(=O)O)c1ccccc1C(F)(F)F. The highest BCUT2D eigenvalue weighted by Gasteiger charge is 2.35. The molecule has 11 heteroatoms. The number of halogens is 5. The van der Waals surface area contributed by atoms with Gasteiger partial charge < -0.3 is 15.3 Å². The van der Waals surface area contributed by atoms with Gasteiger partial charge in [-0.15, -0.1) is 0 Å². The number of hydrogen-bond donors (Lipinski definition) is 2. The molecule has 1 saturated heterocycles. The maximum Gasteiger partial charge on any atom is 0.416 e. The van der Waals surface area contributed by atoms with Gasteiger partial charge in [-0.3, -0.25) is 9.59 Å². The highest BCUT2D eigenvalue weighted by Crippen LogP contribution is 2.37. The lowest BCUT2D eigenvalue weighted by atomic mass is 9.89. The quantitative estimate of drug-likeness (QED) is 0.280. The molecule has 2 heterocycles. The molecule has 4 rings (SSSR count). The van der Waals surface area contributed by atoms with Crippen molar-refractivity contribution in [1.82, 2.24) is 10.3 Å². The Morgan fingerprint density at radius 2 is 1.97 bits per heavy atom. The number of carbonyl (C=O) groups excluding carboxylic acids is 1. The van der Waals surface area contributed by atoms with Crippen LogP contribution in [0.2, 0.25) is 0 Å². The predicted octanol–water partition coefficient (Wildman–Crippen LogP) is 6.64. The molecule has 1 aliphatic rings. The standard InChI is InChI=1S/C28H28BrF4N3O3/c1-16-25(21-13-18(29)9-10-23(21)35-26(16)36-12-4-5-19(30)15-36)27(39)34-14-17(8-11-24(37)38)20-6-2-3-7-22(20)28(31,32)33/h2-3,6-7,9-10,13,17,19H,4-5,8,11-12,14-15H2,1H3,(H,34,39)(H,37,38)/t17-,19+/m1/s1. The molecule has 6 nitrogen and oxygen atoms in total. The van der Waals surface area contributed by atoms with E-state index in [1.807, 2.05) is 4.90 Å². The number of aliphatic carboxylic acids is 1. The molecular weight excluding hydrogens is 582 g/mol. The normalized spacial score (nSPS) is 16.8. The second-order valence-electron chi connectivity index (χ2n) is 9.71. The molecule has 1 amide bonds. The molecule has 208 valence electrons. The number of pyridine rings is 1. The van der Waals surface area contributed by atoms with Gasteiger partial charge in [0.05, 0.1) is 23.2 Å². The van der Waals surface area contributed by atoms with Gasteiger partial charge in [-0.2, -0.15) is 13.2 Å². The molecule has 0 saturated carbocycles. The minimum atomic E-state index is -4.64. The van der Waals surface area contributed by atoms with Crippen molar-refractivity contribution in [2.75, 3.05) is 24.5 Å². The molecule has 1 aromatic heterocycles. The number of aromatic nitrogens is 1. The second kappa shape index (κ2) is 11.9. The zero-order chi connectivity index (χ0) is 28.3. The summed E-state index contributed by atoms with van der Waals surface area (Å²) in [5.74, 6) is -2.08. The molecule has 0 radical (unpaired) electrons. The fourth-order valence-electron chi connectivity index (χ4n) is 5.12. The van der Waals surface area contributed by atoms with E-state index in [0.29, 0.717) is 51.7 Å². The number of hydrogen-bond acceptors (Lipinski definition) is 4. The first kappa shape index (κ1) is 28.8. The number of alkyl halides is 4. The summed E-state index contributed by atoms with van der Waals surface area (Å²) in [5, 5.41) is 12.5. The maximum absolute atomic E-state index is 14.2. The highest BCUT2D eigenvalue weighted by molar-refractivity contribution is 9.10. The van der Waals surface area contributed by atoms with Crippen LogP contribution in [0, 0.1) is 6.92 Å². The summed E-state index contributed by atoms with van der Waals surface area (Å²) >= 11 is 3.42.